The molecule has 8 heteroatoms. The van der Waals surface area contributed by atoms with E-state index in [0.717, 1.165) is 23.9 Å². The maximum atomic E-state index is 12.4. The number of pyridine rings is 1. The number of carbonyl (C=O) groups excluding carboxylic acids is 1. The van der Waals surface area contributed by atoms with Crippen LogP contribution in [0.2, 0.25) is 10.0 Å². The van der Waals surface area contributed by atoms with Crippen LogP contribution >= 0.6 is 23.2 Å². The van der Waals surface area contributed by atoms with Crippen LogP contribution in [-0.2, 0) is 0 Å². The molecule has 33 heavy (non-hydrogen) atoms. The minimum absolute atomic E-state index is 0.191. The van der Waals surface area contributed by atoms with E-state index >= 15 is 0 Å². The third-order valence-corrected chi connectivity index (χ3v) is 6.02. The van der Waals surface area contributed by atoms with E-state index in [1.807, 2.05) is 13.8 Å². The van der Waals surface area contributed by atoms with Crippen molar-refractivity contribution in [3.8, 4) is 11.8 Å². The molecule has 0 saturated carbocycles. The molecule has 0 aliphatic heterocycles. The highest BCUT2D eigenvalue weighted by Gasteiger charge is 2.12. The number of nitrogens with one attached hydrogen (secondary N) is 1. The molecular weight excluding hydrogens is 459 g/mol. The van der Waals surface area contributed by atoms with Crippen LogP contribution in [0.25, 0.3) is 10.8 Å². The summed E-state index contributed by atoms with van der Waals surface area (Å²) in [5.74, 6) is 6.17. The summed E-state index contributed by atoms with van der Waals surface area (Å²) in [4.78, 5) is 18.7. The smallest absolute Gasteiger partial charge is 0.251 e. The van der Waals surface area contributed by atoms with E-state index in [1.54, 1.807) is 42.6 Å². The number of benzene rings is 2. The Labute approximate surface area is 203 Å². The van der Waals surface area contributed by atoms with Gasteiger partial charge in [0.05, 0.1) is 21.7 Å². The number of halogens is 2. The summed E-state index contributed by atoms with van der Waals surface area (Å²) in [6.45, 7) is 6.49. The minimum atomic E-state index is -0.623. The van der Waals surface area contributed by atoms with Crippen LogP contribution in [0.1, 0.15) is 35.3 Å². The van der Waals surface area contributed by atoms with Gasteiger partial charge in [0.1, 0.15) is 5.82 Å². The van der Waals surface area contributed by atoms with Crippen molar-refractivity contribution in [3.05, 3.63) is 69.3 Å². The van der Waals surface area contributed by atoms with Crippen LogP contribution in [0, 0.1) is 11.8 Å². The van der Waals surface area contributed by atoms with Crippen LogP contribution < -0.4 is 11.1 Å². The maximum absolute atomic E-state index is 12.4. The zero-order valence-electron chi connectivity index (χ0n) is 18.5. The van der Waals surface area contributed by atoms with Gasteiger partial charge in [0.25, 0.3) is 5.91 Å². The number of anilines is 1. The molecule has 0 fully saturated rings. The maximum Gasteiger partial charge on any atom is 0.251 e. The van der Waals surface area contributed by atoms with Crippen LogP contribution in [0.3, 0.4) is 0 Å². The molecule has 4 N–H and O–H groups in total. The van der Waals surface area contributed by atoms with Crippen molar-refractivity contribution >= 4 is 45.7 Å². The van der Waals surface area contributed by atoms with Crippen molar-refractivity contribution in [2.75, 3.05) is 31.9 Å². The van der Waals surface area contributed by atoms with Crippen molar-refractivity contribution in [1.29, 1.82) is 0 Å². The Morgan fingerprint density at radius 3 is 2.48 bits per heavy atom. The number of aliphatic hydroxyl groups is 1. The second-order valence-electron chi connectivity index (χ2n) is 7.55. The Morgan fingerprint density at radius 1 is 1.15 bits per heavy atom. The van der Waals surface area contributed by atoms with Gasteiger partial charge in [0, 0.05) is 41.2 Å². The first kappa shape index (κ1) is 24.8. The van der Waals surface area contributed by atoms with Gasteiger partial charge in [-0.2, -0.15) is 0 Å². The number of hydrogen-bond donors (Lipinski definition) is 3. The van der Waals surface area contributed by atoms with Gasteiger partial charge in [-0.3, -0.25) is 4.79 Å². The molecule has 0 aliphatic rings. The molecule has 0 spiro atoms. The monoisotopic (exact) mass is 484 g/mol. The number of rotatable bonds is 7. The molecule has 1 unspecified atom stereocenters. The average Bonchev–Trinajstić information content (AvgIpc) is 2.82. The second kappa shape index (κ2) is 11.4. The normalized spacial score (nSPS) is 11.8. The minimum Gasteiger partial charge on any atom is -0.390 e. The van der Waals surface area contributed by atoms with Gasteiger partial charge >= 0.3 is 0 Å². The third kappa shape index (κ3) is 6.37. The number of carbonyl (C=O) groups is 1. The Kier molecular flexibility index (Phi) is 8.54. The van der Waals surface area contributed by atoms with Gasteiger partial charge in [0.15, 0.2) is 0 Å². The summed E-state index contributed by atoms with van der Waals surface area (Å²) < 4.78 is 0. The zero-order chi connectivity index (χ0) is 24.0. The summed E-state index contributed by atoms with van der Waals surface area (Å²) in [5, 5.41) is 15.3. The van der Waals surface area contributed by atoms with E-state index in [9.17, 15) is 9.90 Å². The first-order valence-corrected chi connectivity index (χ1v) is 11.4. The van der Waals surface area contributed by atoms with E-state index in [4.69, 9.17) is 28.9 Å². The van der Waals surface area contributed by atoms with Gasteiger partial charge in [-0.25, -0.2) is 4.98 Å². The highest BCUT2D eigenvalue weighted by atomic mass is 35.5. The molecule has 0 aliphatic carbocycles. The van der Waals surface area contributed by atoms with Crippen molar-refractivity contribution in [1.82, 2.24) is 15.2 Å². The fraction of sp³-hybridized carbons (Fsp3) is 0.280. The predicted molar refractivity (Wildman–Crippen MR) is 135 cm³/mol. The number of likely N-dealkylation sites (N-methyl/N-ethyl adjacent to an activating group) is 1. The quantitative estimate of drug-likeness (QED) is 0.441. The number of hydrogen-bond acceptors (Lipinski definition) is 5. The standard InChI is InChI=1S/C25H26Cl2N4O2/c1-3-31(4-2)15-19(32)14-30-25(33)17-8-5-16(6-9-17)7-10-20-21-12-23(27)22(26)11-18(21)13-29-24(20)28/h5-6,8-9,11-13,19,32H,3-4,14-15H2,1-2H3,(H2,28,29)(H,30,33). The summed E-state index contributed by atoms with van der Waals surface area (Å²) in [7, 11) is 0. The van der Waals surface area contributed by atoms with Crippen molar-refractivity contribution in [2.45, 2.75) is 20.0 Å². The van der Waals surface area contributed by atoms with Crippen LogP contribution in [0.5, 0.6) is 0 Å². The predicted octanol–water partition coefficient (Wildman–Crippen LogP) is 3.96. The second-order valence-corrected chi connectivity index (χ2v) is 8.36. The fourth-order valence-corrected chi connectivity index (χ4v) is 3.69. The van der Waals surface area contributed by atoms with Crippen molar-refractivity contribution in [3.63, 3.8) is 0 Å². The Hall–Kier alpha value is -2.82. The van der Waals surface area contributed by atoms with E-state index < -0.39 is 6.10 Å². The molecule has 1 heterocycles. The molecule has 1 aromatic heterocycles. The molecule has 172 valence electrons. The average molecular weight is 485 g/mol. The van der Waals surface area contributed by atoms with Crippen molar-refractivity contribution < 1.29 is 9.90 Å². The van der Waals surface area contributed by atoms with Gasteiger partial charge in [-0.05, 0) is 49.5 Å². The summed E-state index contributed by atoms with van der Waals surface area (Å²) in [6, 6.07) is 10.3. The topological polar surface area (TPSA) is 91.5 Å². The first-order chi connectivity index (χ1) is 15.8. The highest BCUT2D eigenvalue weighted by Crippen LogP contribution is 2.30. The number of aliphatic hydroxyl groups excluding tert-OH is 1. The molecule has 1 atom stereocenters. The number of aromatic nitrogens is 1. The molecule has 0 bridgehead atoms. The van der Waals surface area contributed by atoms with E-state index in [-0.39, 0.29) is 12.5 Å². The largest absolute Gasteiger partial charge is 0.390 e. The van der Waals surface area contributed by atoms with E-state index in [0.29, 0.717) is 39.1 Å². The summed E-state index contributed by atoms with van der Waals surface area (Å²) >= 11 is 12.3. The molecule has 2 aromatic carbocycles. The number of nitrogen functional groups attached to an aromatic ring is 1. The van der Waals surface area contributed by atoms with E-state index in [2.05, 4.69) is 27.0 Å². The third-order valence-electron chi connectivity index (χ3n) is 5.30. The lowest BCUT2D eigenvalue weighted by Crippen LogP contribution is -2.40. The number of nitrogens with two attached hydrogens (primary N) is 1. The molecule has 6 nitrogen and oxygen atoms in total. The lowest BCUT2D eigenvalue weighted by molar-refractivity contribution is 0.0869. The Morgan fingerprint density at radius 2 is 1.82 bits per heavy atom. The SMILES string of the molecule is CCN(CC)CC(O)CNC(=O)c1ccc(C#Cc2c(N)ncc3cc(Cl)c(Cl)cc23)cc1. The van der Waals surface area contributed by atoms with Crippen LogP contribution in [0.15, 0.2) is 42.6 Å². The molecular formula is C25H26Cl2N4O2. The van der Waals surface area contributed by atoms with Gasteiger partial charge in [-0.1, -0.05) is 48.9 Å². The summed E-state index contributed by atoms with van der Waals surface area (Å²) in [6.07, 6.45) is 1.01. The highest BCUT2D eigenvalue weighted by molar-refractivity contribution is 6.42. The Bertz CT molecular complexity index is 1200. The van der Waals surface area contributed by atoms with E-state index in [1.165, 1.54) is 0 Å². The van der Waals surface area contributed by atoms with Gasteiger partial charge in [-0.15, -0.1) is 0 Å². The number of nitrogens with zero attached hydrogens (tertiary/aromatic N) is 2. The number of amides is 1. The molecule has 0 saturated heterocycles. The van der Waals surface area contributed by atoms with Crippen LogP contribution in [-0.4, -0.2) is 53.2 Å². The lowest BCUT2D eigenvalue weighted by atomic mass is 10.1. The molecule has 0 radical (unpaired) electrons. The van der Waals surface area contributed by atoms with Gasteiger partial charge in [0.2, 0.25) is 0 Å². The van der Waals surface area contributed by atoms with Gasteiger partial charge < -0.3 is 21.1 Å². The molecule has 3 rings (SSSR count). The molecule has 3 aromatic rings. The summed E-state index contributed by atoms with van der Waals surface area (Å²) in [5.41, 5.74) is 7.81. The number of fused-ring (bicyclic) bond motifs is 1. The fourth-order valence-electron chi connectivity index (χ4n) is 3.36. The first-order valence-electron chi connectivity index (χ1n) is 10.7. The Balaban J connectivity index is 1.71. The lowest BCUT2D eigenvalue weighted by Gasteiger charge is -2.22. The van der Waals surface area contributed by atoms with Crippen molar-refractivity contribution in [2.24, 2.45) is 0 Å². The zero-order valence-corrected chi connectivity index (χ0v) is 20.0. The molecule has 1 amide bonds. The van der Waals surface area contributed by atoms with Crippen LogP contribution in [0.4, 0.5) is 5.82 Å².